The van der Waals surface area contributed by atoms with Crippen LogP contribution in [-0.2, 0) is 9.59 Å². The molecule has 1 fully saturated rings. The van der Waals surface area contributed by atoms with Crippen LogP contribution in [-0.4, -0.2) is 26.9 Å². The van der Waals surface area contributed by atoms with Crippen molar-refractivity contribution in [1.29, 1.82) is 0 Å². The molecule has 5 heteroatoms. The molecule has 86 valence electrons. The number of nitrogens with zero attached hydrogens (tertiary/aromatic N) is 2. The molecule has 0 radical (unpaired) electrons. The summed E-state index contributed by atoms with van der Waals surface area (Å²) in [7, 11) is 0. The van der Waals surface area contributed by atoms with Gasteiger partial charge in [-0.3, -0.25) is 19.6 Å². The van der Waals surface area contributed by atoms with E-state index in [1.807, 2.05) is 13.8 Å². The summed E-state index contributed by atoms with van der Waals surface area (Å²) in [6, 6.07) is -0.230. The summed E-state index contributed by atoms with van der Waals surface area (Å²) in [5, 5.41) is 6.52. The summed E-state index contributed by atoms with van der Waals surface area (Å²) in [6.07, 6.45) is 4.26. The Balaban J connectivity index is 2.20. The van der Waals surface area contributed by atoms with E-state index in [0.29, 0.717) is 12.8 Å². The summed E-state index contributed by atoms with van der Waals surface area (Å²) >= 11 is 0. The standard InChI is InChI=1S/C11H15N3O2/c1-7-3-10(15)14(11(16)4-7)8(2)9-5-12-13-6-9/h5-8H,3-4H2,1-2H3,(H,12,13). The Morgan fingerprint density at radius 1 is 1.44 bits per heavy atom. The topological polar surface area (TPSA) is 66.1 Å². The SMILES string of the molecule is CC1CC(=O)N(C(C)c2cn[nH]c2)C(=O)C1. The number of hydrogen-bond acceptors (Lipinski definition) is 3. The van der Waals surface area contributed by atoms with Gasteiger partial charge in [0.2, 0.25) is 11.8 Å². The molecule has 1 unspecified atom stereocenters. The lowest BCUT2D eigenvalue weighted by atomic mass is 9.95. The van der Waals surface area contributed by atoms with Gasteiger partial charge in [0.1, 0.15) is 0 Å². The number of nitrogens with one attached hydrogen (secondary N) is 1. The van der Waals surface area contributed by atoms with Crippen LogP contribution in [0.15, 0.2) is 12.4 Å². The van der Waals surface area contributed by atoms with Gasteiger partial charge in [-0.2, -0.15) is 5.10 Å². The maximum absolute atomic E-state index is 11.8. The number of carbonyl (C=O) groups excluding carboxylic acids is 2. The lowest BCUT2D eigenvalue weighted by molar-refractivity contribution is -0.152. The number of carbonyl (C=O) groups is 2. The number of H-pyrrole nitrogens is 1. The average Bonchev–Trinajstić information content (AvgIpc) is 2.67. The molecule has 1 N–H and O–H groups in total. The van der Waals surface area contributed by atoms with Crippen molar-refractivity contribution in [2.24, 2.45) is 5.92 Å². The third-order valence-corrected chi connectivity index (χ3v) is 2.97. The van der Waals surface area contributed by atoms with Crippen molar-refractivity contribution in [1.82, 2.24) is 15.1 Å². The number of rotatable bonds is 2. The fraction of sp³-hybridized carbons (Fsp3) is 0.545. The number of aromatic amines is 1. The second-order valence-electron chi connectivity index (χ2n) is 4.38. The molecule has 0 spiro atoms. The van der Waals surface area contributed by atoms with Gasteiger partial charge in [-0.25, -0.2) is 0 Å². The number of likely N-dealkylation sites (tertiary alicyclic amines) is 1. The second kappa shape index (κ2) is 4.08. The number of hydrogen-bond donors (Lipinski definition) is 1. The molecule has 1 saturated heterocycles. The van der Waals surface area contributed by atoms with Crippen LogP contribution in [0.5, 0.6) is 0 Å². The molecule has 0 saturated carbocycles. The third-order valence-electron chi connectivity index (χ3n) is 2.97. The minimum absolute atomic E-state index is 0.0857. The van der Waals surface area contributed by atoms with Gasteiger partial charge in [0.15, 0.2) is 0 Å². The zero-order chi connectivity index (χ0) is 11.7. The highest BCUT2D eigenvalue weighted by Crippen LogP contribution is 2.27. The molecule has 1 aromatic heterocycles. The van der Waals surface area contributed by atoms with E-state index < -0.39 is 0 Å². The van der Waals surface area contributed by atoms with Gasteiger partial charge in [0.25, 0.3) is 0 Å². The smallest absolute Gasteiger partial charge is 0.230 e. The Bertz CT molecular complexity index is 381. The van der Waals surface area contributed by atoms with Crippen LogP contribution in [0.4, 0.5) is 0 Å². The van der Waals surface area contributed by atoms with Crippen molar-refractivity contribution in [2.45, 2.75) is 32.7 Å². The van der Waals surface area contributed by atoms with Crippen LogP contribution in [0, 0.1) is 5.92 Å². The molecule has 2 amide bonds. The summed E-state index contributed by atoms with van der Waals surface area (Å²) < 4.78 is 0. The zero-order valence-corrected chi connectivity index (χ0v) is 9.43. The van der Waals surface area contributed by atoms with E-state index in [4.69, 9.17) is 0 Å². The minimum atomic E-state index is -0.230. The average molecular weight is 221 g/mol. The maximum atomic E-state index is 11.8. The number of piperidine rings is 1. The van der Waals surface area contributed by atoms with E-state index >= 15 is 0 Å². The summed E-state index contributed by atoms with van der Waals surface area (Å²) in [6.45, 7) is 3.77. The largest absolute Gasteiger partial charge is 0.285 e. The van der Waals surface area contributed by atoms with Crippen molar-refractivity contribution in [3.8, 4) is 0 Å². The van der Waals surface area contributed by atoms with Gasteiger partial charge in [-0.15, -0.1) is 0 Å². The van der Waals surface area contributed by atoms with Crippen LogP contribution in [0.1, 0.15) is 38.3 Å². The van der Waals surface area contributed by atoms with Crippen molar-refractivity contribution in [3.63, 3.8) is 0 Å². The first-order valence-electron chi connectivity index (χ1n) is 5.43. The van der Waals surface area contributed by atoms with Crippen LogP contribution < -0.4 is 0 Å². The van der Waals surface area contributed by atoms with Crippen LogP contribution in [0.3, 0.4) is 0 Å². The minimum Gasteiger partial charge on any atom is -0.285 e. The molecule has 1 aromatic rings. The van der Waals surface area contributed by atoms with E-state index in [0.717, 1.165) is 5.56 Å². The van der Waals surface area contributed by atoms with E-state index in [1.165, 1.54) is 4.90 Å². The second-order valence-corrected chi connectivity index (χ2v) is 4.38. The highest BCUT2D eigenvalue weighted by atomic mass is 16.2. The molecule has 1 atom stereocenters. The van der Waals surface area contributed by atoms with Crippen molar-refractivity contribution >= 4 is 11.8 Å². The van der Waals surface area contributed by atoms with Gasteiger partial charge in [0.05, 0.1) is 12.2 Å². The number of aromatic nitrogens is 2. The predicted molar refractivity (Wildman–Crippen MR) is 57.3 cm³/mol. The third kappa shape index (κ3) is 1.85. The van der Waals surface area contributed by atoms with Gasteiger partial charge in [0, 0.05) is 24.6 Å². The predicted octanol–water partition coefficient (Wildman–Crippen LogP) is 1.26. The monoisotopic (exact) mass is 221 g/mol. The quantitative estimate of drug-likeness (QED) is 0.764. The first-order valence-corrected chi connectivity index (χ1v) is 5.43. The first kappa shape index (κ1) is 10.9. The number of imide groups is 1. The molecule has 1 aliphatic heterocycles. The van der Waals surface area contributed by atoms with Crippen molar-refractivity contribution in [2.75, 3.05) is 0 Å². The van der Waals surface area contributed by atoms with Crippen LogP contribution in [0.25, 0.3) is 0 Å². The lowest BCUT2D eigenvalue weighted by Gasteiger charge is -2.32. The summed E-state index contributed by atoms with van der Waals surface area (Å²) in [5.41, 5.74) is 0.858. The molecule has 2 heterocycles. The van der Waals surface area contributed by atoms with Gasteiger partial charge < -0.3 is 0 Å². The normalized spacial score (nSPS) is 20.2. The molecular formula is C11H15N3O2. The van der Waals surface area contributed by atoms with E-state index in [1.54, 1.807) is 12.4 Å². The van der Waals surface area contributed by atoms with Gasteiger partial charge in [-0.1, -0.05) is 6.92 Å². The lowest BCUT2D eigenvalue weighted by Crippen LogP contribution is -2.44. The van der Waals surface area contributed by atoms with E-state index in [9.17, 15) is 9.59 Å². The Morgan fingerprint density at radius 3 is 2.56 bits per heavy atom. The maximum Gasteiger partial charge on any atom is 0.230 e. The summed E-state index contributed by atoms with van der Waals surface area (Å²) in [4.78, 5) is 25.0. The zero-order valence-electron chi connectivity index (χ0n) is 9.43. The van der Waals surface area contributed by atoms with Crippen molar-refractivity contribution < 1.29 is 9.59 Å². The van der Waals surface area contributed by atoms with Crippen LogP contribution >= 0.6 is 0 Å². The molecule has 2 rings (SSSR count). The fourth-order valence-corrected chi connectivity index (χ4v) is 2.07. The molecule has 0 aromatic carbocycles. The van der Waals surface area contributed by atoms with Gasteiger partial charge in [-0.05, 0) is 12.8 Å². The molecule has 1 aliphatic rings. The molecule has 0 bridgehead atoms. The Hall–Kier alpha value is -1.65. The fourth-order valence-electron chi connectivity index (χ4n) is 2.07. The van der Waals surface area contributed by atoms with Gasteiger partial charge >= 0.3 is 0 Å². The molecule has 0 aliphatic carbocycles. The summed E-state index contributed by atoms with van der Waals surface area (Å²) in [5.74, 6) is -0.0114. The highest BCUT2D eigenvalue weighted by molar-refractivity contribution is 5.98. The van der Waals surface area contributed by atoms with E-state index in [2.05, 4.69) is 10.2 Å². The van der Waals surface area contributed by atoms with Crippen LogP contribution in [0.2, 0.25) is 0 Å². The molecular weight excluding hydrogens is 206 g/mol. The Kier molecular flexibility index (Phi) is 2.77. The Morgan fingerprint density at radius 2 is 2.06 bits per heavy atom. The molecule has 16 heavy (non-hydrogen) atoms. The Labute approximate surface area is 93.8 Å². The first-order chi connectivity index (χ1) is 7.59. The number of amides is 2. The molecule has 5 nitrogen and oxygen atoms in total. The van der Waals surface area contributed by atoms with E-state index in [-0.39, 0.29) is 23.8 Å². The highest BCUT2D eigenvalue weighted by Gasteiger charge is 2.34. The van der Waals surface area contributed by atoms with Crippen molar-refractivity contribution in [3.05, 3.63) is 18.0 Å².